The van der Waals surface area contributed by atoms with Crippen LogP contribution in [-0.4, -0.2) is 29.7 Å². The molecule has 0 radical (unpaired) electrons. The molecule has 1 saturated heterocycles. The Hall–Kier alpha value is -1.72. The molecule has 2 aromatic carbocycles. The Morgan fingerprint density at radius 2 is 1.38 bits per heavy atom. The number of aliphatic hydroxyl groups excluding tert-OH is 1. The van der Waals surface area contributed by atoms with E-state index >= 15 is 0 Å². The summed E-state index contributed by atoms with van der Waals surface area (Å²) in [6, 6.07) is 20.0. The van der Waals surface area contributed by atoms with Gasteiger partial charge in [-0.05, 0) is 18.1 Å². The van der Waals surface area contributed by atoms with E-state index in [1.807, 2.05) is 67.6 Å². The number of rotatable bonds is 6. The first-order valence-corrected chi connectivity index (χ1v) is 8.37. The van der Waals surface area contributed by atoms with Crippen LogP contribution in [0.25, 0.3) is 0 Å². The summed E-state index contributed by atoms with van der Waals surface area (Å²) in [7, 11) is 0. The highest BCUT2D eigenvalue weighted by atomic mass is 16.7. The number of aliphatic hydroxyl groups is 1. The molecule has 3 unspecified atom stereocenters. The molecule has 0 aliphatic carbocycles. The fraction of sp³-hybridized carbons (Fsp3) is 0.400. The van der Waals surface area contributed by atoms with Crippen LogP contribution in [-0.2, 0) is 27.4 Å². The number of hydrogen-bond donors (Lipinski definition) is 1. The van der Waals surface area contributed by atoms with E-state index in [-0.39, 0.29) is 18.3 Å². The smallest absolute Gasteiger partial charge is 0.181 e. The first-order chi connectivity index (χ1) is 11.7. The maximum Gasteiger partial charge on any atom is 0.181 e. The van der Waals surface area contributed by atoms with Gasteiger partial charge >= 0.3 is 0 Å². The van der Waals surface area contributed by atoms with Crippen LogP contribution in [0.4, 0.5) is 0 Å². The van der Waals surface area contributed by atoms with Crippen molar-refractivity contribution in [3.05, 3.63) is 71.8 Å². The standard InChI is InChI=1S/C20H24O4/c1-15-18(22-13-16-8-4-2-5-9-16)12-19(20(21)24-15)23-14-17-10-6-3-7-11-17/h2-11,15,18-21H,12-14H2,1H3/t15?,18-,19?,20?/m0/s1. The second-order valence-electron chi connectivity index (χ2n) is 6.14. The number of benzene rings is 2. The second-order valence-corrected chi connectivity index (χ2v) is 6.14. The largest absolute Gasteiger partial charge is 0.371 e. The summed E-state index contributed by atoms with van der Waals surface area (Å²) in [5, 5.41) is 10.1. The molecular weight excluding hydrogens is 304 g/mol. The molecule has 1 aliphatic heterocycles. The van der Waals surface area contributed by atoms with Gasteiger partial charge in [0.2, 0.25) is 0 Å². The van der Waals surface area contributed by atoms with E-state index in [4.69, 9.17) is 14.2 Å². The summed E-state index contributed by atoms with van der Waals surface area (Å²) in [5.74, 6) is 0. The van der Waals surface area contributed by atoms with E-state index < -0.39 is 6.29 Å². The van der Waals surface area contributed by atoms with Crippen molar-refractivity contribution >= 4 is 0 Å². The molecule has 0 spiro atoms. The van der Waals surface area contributed by atoms with Crippen LogP contribution < -0.4 is 0 Å². The molecule has 128 valence electrons. The third kappa shape index (κ3) is 4.65. The Morgan fingerprint density at radius 1 is 0.875 bits per heavy atom. The lowest BCUT2D eigenvalue weighted by Gasteiger charge is -2.37. The summed E-state index contributed by atoms with van der Waals surface area (Å²) < 4.78 is 17.4. The molecule has 0 saturated carbocycles. The molecule has 1 heterocycles. The summed E-state index contributed by atoms with van der Waals surface area (Å²) in [6.07, 6.45) is -0.959. The van der Waals surface area contributed by atoms with Gasteiger partial charge < -0.3 is 19.3 Å². The average Bonchev–Trinajstić information content (AvgIpc) is 2.62. The van der Waals surface area contributed by atoms with Gasteiger partial charge in [0.1, 0.15) is 6.10 Å². The van der Waals surface area contributed by atoms with Gasteiger partial charge in [-0.3, -0.25) is 0 Å². The van der Waals surface area contributed by atoms with E-state index in [0.29, 0.717) is 19.6 Å². The minimum Gasteiger partial charge on any atom is -0.371 e. The van der Waals surface area contributed by atoms with Crippen molar-refractivity contribution in [1.82, 2.24) is 0 Å². The molecule has 4 atom stereocenters. The molecule has 0 aromatic heterocycles. The van der Waals surface area contributed by atoms with Crippen molar-refractivity contribution in [3.8, 4) is 0 Å². The van der Waals surface area contributed by atoms with E-state index in [2.05, 4.69) is 0 Å². The lowest BCUT2D eigenvalue weighted by Crippen LogP contribution is -2.48. The number of hydrogen-bond acceptors (Lipinski definition) is 4. The van der Waals surface area contributed by atoms with Crippen LogP contribution >= 0.6 is 0 Å². The van der Waals surface area contributed by atoms with Crippen LogP contribution in [0, 0.1) is 0 Å². The van der Waals surface area contributed by atoms with Crippen LogP contribution in [0.15, 0.2) is 60.7 Å². The summed E-state index contributed by atoms with van der Waals surface area (Å²) in [4.78, 5) is 0. The highest BCUT2D eigenvalue weighted by Crippen LogP contribution is 2.25. The molecule has 1 N–H and O–H groups in total. The van der Waals surface area contributed by atoms with Crippen molar-refractivity contribution in [1.29, 1.82) is 0 Å². The zero-order chi connectivity index (χ0) is 16.8. The minimum absolute atomic E-state index is 0.102. The zero-order valence-corrected chi connectivity index (χ0v) is 13.9. The molecule has 1 aliphatic rings. The average molecular weight is 328 g/mol. The van der Waals surface area contributed by atoms with Crippen LogP contribution in [0.3, 0.4) is 0 Å². The molecule has 0 amide bonds. The molecular formula is C20H24O4. The van der Waals surface area contributed by atoms with Gasteiger partial charge in [0.05, 0.1) is 25.4 Å². The maximum atomic E-state index is 10.1. The third-order valence-electron chi connectivity index (χ3n) is 4.27. The van der Waals surface area contributed by atoms with Gasteiger partial charge in [-0.1, -0.05) is 60.7 Å². The highest BCUT2D eigenvalue weighted by Gasteiger charge is 2.36. The topological polar surface area (TPSA) is 47.9 Å². The Balaban J connectivity index is 1.53. The zero-order valence-electron chi connectivity index (χ0n) is 13.9. The Kier molecular flexibility index (Phi) is 5.99. The Bertz CT molecular complexity index is 548. The lowest BCUT2D eigenvalue weighted by atomic mass is 10.0. The third-order valence-corrected chi connectivity index (χ3v) is 4.27. The first kappa shape index (κ1) is 17.1. The van der Waals surface area contributed by atoms with Crippen LogP contribution in [0.5, 0.6) is 0 Å². The molecule has 3 rings (SSSR count). The van der Waals surface area contributed by atoms with Gasteiger partial charge in [0.15, 0.2) is 6.29 Å². The summed E-state index contributed by atoms with van der Waals surface area (Å²) >= 11 is 0. The quantitative estimate of drug-likeness (QED) is 0.884. The van der Waals surface area contributed by atoms with Crippen molar-refractivity contribution in [2.45, 2.75) is 51.2 Å². The van der Waals surface area contributed by atoms with Gasteiger partial charge in [-0.15, -0.1) is 0 Å². The molecule has 2 aromatic rings. The molecule has 24 heavy (non-hydrogen) atoms. The van der Waals surface area contributed by atoms with Gasteiger partial charge in [-0.25, -0.2) is 0 Å². The normalized spacial score (nSPS) is 27.1. The molecule has 1 fully saturated rings. The van der Waals surface area contributed by atoms with E-state index in [0.717, 1.165) is 11.1 Å². The SMILES string of the molecule is CC1OC(O)C(OCc2ccccc2)C[C@@H]1OCc1ccccc1. The van der Waals surface area contributed by atoms with Crippen molar-refractivity contribution in [2.75, 3.05) is 0 Å². The highest BCUT2D eigenvalue weighted by molar-refractivity contribution is 5.14. The maximum absolute atomic E-state index is 10.1. The van der Waals surface area contributed by atoms with Crippen LogP contribution in [0.1, 0.15) is 24.5 Å². The van der Waals surface area contributed by atoms with Gasteiger partial charge in [-0.2, -0.15) is 0 Å². The Morgan fingerprint density at radius 3 is 1.92 bits per heavy atom. The fourth-order valence-electron chi connectivity index (χ4n) is 2.84. The van der Waals surface area contributed by atoms with Crippen LogP contribution in [0.2, 0.25) is 0 Å². The summed E-state index contributed by atoms with van der Waals surface area (Å²) in [6.45, 7) is 2.90. The van der Waals surface area contributed by atoms with E-state index in [1.54, 1.807) is 0 Å². The second kappa shape index (κ2) is 8.40. The Labute approximate surface area is 143 Å². The predicted octanol–water partition coefficient (Wildman–Crippen LogP) is 3.28. The first-order valence-electron chi connectivity index (χ1n) is 8.37. The van der Waals surface area contributed by atoms with Crippen molar-refractivity contribution < 1.29 is 19.3 Å². The number of ether oxygens (including phenoxy) is 3. The monoisotopic (exact) mass is 328 g/mol. The fourth-order valence-corrected chi connectivity index (χ4v) is 2.84. The van der Waals surface area contributed by atoms with E-state index in [1.165, 1.54) is 0 Å². The lowest BCUT2D eigenvalue weighted by molar-refractivity contribution is -0.262. The minimum atomic E-state index is -0.916. The molecule has 4 nitrogen and oxygen atoms in total. The van der Waals surface area contributed by atoms with E-state index in [9.17, 15) is 5.11 Å². The molecule has 0 bridgehead atoms. The van der Waals surface area contributed by atoms with Gasteiger partial charge in [0, 0.05) is 6.42 Å². The molecule has 4 heteroatoms. The summed E-state index contributed by atoms with van der Waals surface area (Å²) in [5.41, 5.74) is 2.20. The predicted molar refractivity (Wildman–Crippen MR) is 91.2 cm³/mol. The van der Waals surface area contributed by atoms with Crippen molar-refractivity contribution in [3.63, 3.8) is 0 Å². The van der Waals surface area contributed by atoms with Crippen molar-refractivity contribution in [2.24, 2.45) is 0 Å². The van der Waals surface area contributed by atoms with Gasteiger partial charge in [0.25, 0.3) is 0 Å².